The highest BCUT2D eigenvalue weighted by Gasteiger charge is 2.32. The second-order valence-corrected chi connectivity index (χ2v) is 15.1. The van der Waals surface area contributed by atoms with E-state index >= 15 is 0 Å². The van der Waals surface area contributed by atoms with Crippen molar-refractivity contribution in [3.05, 3.63) is 54.1 Å². The smallest absolute Gasteiger partial charge is 0.407 e. The van der Waals surface area contributed by atoms with E-state index in [1.807, 2.05) is 13.8 Å². The van der Waals surface area contributed by atoms with Gasteiger partial charge in [0.1, 0.15) is 17.6 Å². The highest BCUT2D eigenvalue weighted by atomic mass is 32.2. The molecule has 258 valence electrons. The van der Waals surface area contributed by atoms with Gasteiger partial charge in [-0.2, -0.15) is 4.31 Å². The number of benzene rings is 2. The van der Waals surface area contributed by atoms with Crippen molar-refractivity contribution >= 4 is 23.7 Å². The zero-order chi connectivity index (χ0) is 33.7. The minimum atomic E-state index is -4.00. The number of nitrogens with one attached hydrogen (secondary N) is 1. The third-order valence-electron chi connectivity index (χ3n) is 7.01. The van der Waals surface area contributed by atoms with Crippen molar-refractivity contribution in [2.24, 2.45) is 5.92 Å². The molecule has 0 aliphatic carbocycles. The van der Waals surface area contributed by atoms with Crippen LogP contribution in [0.25, 0.3) is 0 Å². The van der Waals surface area contributed by atoms with Crippen LogP contribution in [0.5, 0.6) is 11.5 Å². The third kappa shape index (κ3) is 11.5. The molecule has 1 fully saturated rings. The fourth-order valence-corrected chi connectivity index (χ4v) is 7.71. The number of aliphatic hydroxyl groups excluding tert-OH is 1. The van der Waals surface area contributed by atoms with Gasteiger partial charge in [-0.1, -0.05) is 26.0 Å². The van der Waals surface area contributed by atoms with Gasteiger partial charge >= 0.3 is 13.7 Å². The maximum Gasteiger partial charge on any atom is 0.407 e. The Morgan fingerprint density at radius 3 is 2.22 bits per heavy atom. The van der Waals surface area contributed by atoms with Crippen LogP contribution >= 0.6 is 7.60 Å². The second kappa shape index (κ2) is 18.0. The summed E-state index contributed by atoms with van der Waals surface area (Å²) in [6.45, 7) is 8.23. The van der Waals surface area contributed by atoms with Gasteiger partial charge in [0.2, 0.25) is 10.0 Å². The largest absolute Gasteiger partial charge is 0.497 e. The number of carbonyl (C=O) groups is 1. The Balaban J connectivity index is 1.79. The number of nitrogens with zero attached hydrogens (tertiary/aromatic N) is 1. The number of amides is 1. The molecule has 3 rings (SSSR count). The molecule has 2 aromatic rings. The number of hydrogen-bond acceptors (Lipinski definition) is 11. The van der Waals surface area contributed by atoms with Gasteiger partial charge in [0, 0.05) is 19.5 Å². The van der Waals surface area contributed by atoms with Crippen LogP contribution in [0.4, 0.5) is 4.79 Å². The maximum absolute atomic E-state index is 13.7. The molecule has 2 N–H and O–H groups in total. The Hall–Kier alpha value is -2.71. The predicted molar refractivity (Wildman–Crippen MR) is 172 cm³/mol. The van der Waals surface area contributed by atoms with Crippen LogP contribution in [0.3, 0.4) is 0 Å². The zero-order valence-electron chi connectivity index (χ0n) is 27.1. The average molecular weight is 687 g/mol. The Bertz CT molecular complexity index is 1360. The van der Waals surface area contributed by atoms with E-state index < -0.39 is 42.0 Å². The van der Waals surface area contributed by atoms with E-state index in [0.29, 0.717) is 30.1 Å². The minimum Gasteiger partial charge on any atom is -0.497 e. The number of methoxy groups -OCH3 is 1. The van der Waals surface area contributed by atoms with E-state index in [0.717, 1.165) is 0 Å². The van der Waals surface area contributed by atoms with Crippen LogP contribution in [-0.2, 0) is 39.5 Å². The Morgan fingerprint density at radius 2 is 1.67 bits per heavy atom. The zero-order valence-corrected chi connectivity index (χ0v) is 28.8. The van der Waals surface area contributed by atoms with Crippen molar-refractivity contribution in [1.29, 1.82) is 0 Å². The lowest BCUT2D eigenvalue weighted by atomic mass is 10.0. The van der Waals surface area contributed by atoms with Crippen molar-refractivity contribution in [3.8, 4) is 11.5 Å². The highest BCUT2D eigenvalue weighted by molar-refractivity contribution is 7.89. The van der Waals surface area contributed by atoms with Crippen LogP contribution in [0.1, 0.15) is 39.7 Å². The summed E-state index contributed by atoms with van der Waals surface area (Å²) in [6, 6.07) is 11.9. The summed E-state index contributed by atoms with van der Waals surface area (Å²) in [7, 11) is -5.92. The quantitative estimate of drug-likeness (QED) is 0.201. The monoisotopic (exact) mass is 686 g/mol. The number of aliphatic hydroxyl groups is 1. The molecule has 0 spiro atoms. The lowest BCUT2D eigenvalue weighted by Gasteiger charge is -2.30. The second-order valence-electron chi connectivity index (χ2n) is 11.2. The van der Waals surface area contributed by atoms with E-state index in [1.165, 1.54) is 23.5 Å². The molecule has 3 atom stereocenters. The van der Waals surface area contributed by atoms with E-state index in [2.05, 4.69) is 5.32 Å². The molecule has 13 nitrogen and oxygen atoms in total. The molecule has 1 aliphatic rings. The van der Waals surface area contributed by atoms with Gasteiger partial charge in [-0.05, 0) is 68.1 Å². The summed E-state index contributed by atoms with van der Waals surface area (Å²) in [6.07, 6.45) is -2.02. The minimum absolute atomic E-state index is 0.0488. The molecule has 0 bridgehead atoms. The summed E-state index contributed by atoms with van der Waals surface area (Å²) >= 11 is 0. The molecule has 1 heterocycles. The third-order valence-corrected chi connectivity index (χ3v) is 10.6. The molecule has 46 heavy (non-hydrogen) atoms. The van der Waals surface area contributed by atoms with Crippen LogP contribution in [0, 0.1) is 5.92 Å². The lowest BCUT2D eigenvalue weighted by Crippen LogP contribution is -2.51. The van der Waals surface area contributed by atoms with Crippen LogP contribution in [0.15, 0.2) is 53.4 Å². The fourth-order valence-electron chi connectivity index (χ4n) is 4.77. The van der Waals surface area contributed by atoms with Crippen molar-refractivity contribution in [2.75, 3.05) is 53.0 Å². The lowest BCUT2D eigenvalue weighted by molar-refractivity contribution is 0.0644. The first-order valence-electron chi connectivity index (χ1n) is 15.4. The van der Waals surface area contributed by atoms with Gasteiger partial charge in [0.15, 0.2) is 6.35 Å². The molecule has 0 aromatic heterocycles. The van der Waals surface area contributed by atoms with E-state index in [4.69, 9.17) is 28.0 Å². The fraction of sp³-hybridized carbons (Fsp3) is 0.581. The highest BCUT2D eigenvalue weighted by Crippen LogP contribution is 2.47. The van der Waals surface area contributed by atoms with Crippen LogP contribution < -0.4 is 14.8 Å². The first kappa shape index (κ1) is 37.7. The predicted octanol–water partition coefficient (Wildman–Crippen LogP) is 4.43. The van der Waals surface area contributed by atoms with Crippen LogP contribution in [-0.4, -0.2) is 95.1 Å². The van der Waals surface area contributed by atoms with Gasteiger partial charge in [-0.3, -0.25) is 4.57 Å². The first-order chi connectivity index (χ1) is 21.9. The van der Waals surface area contributed by atoms with E-state index in [-0.39, 0.29) is 56.5 Å². The van der Waals surface area contributed by atoms with Crippen molar-refractivity contribution in [3.63, 3.8) is 0 Å². The summed E-state index contributed by atoms with van der Waals surface area (Å²) in [4.78, 5) is 12.9. The van der Waals surface area contributed by atoms with Gasteiger partial charge in [0.05, 0.1) is 50.6 Å². The molecule has 1 unspecified atom stereocenters. The Kier molecular flexibility index (Phi) is 14.8. The number of carbonyl (C=O) groups excluding carboxylic acids is 1. The van der Waals surface area contributed by atoms with Gasteiger partial charge in [-0.25, -0.2) is 13.2 Å². The summed E-state index contributed by atoms with van der Waals surface area (Å²) < 4.78 is 73.4. The Morgan fingerprint density at radius 1 is 1.04 bits per heavy atom. The molecule has 1 amide bonds. The standard InChI is InChI=1S/C31H47N2O11PS/c1-6-42-45(36,43-7-2)22-41-26-10-8-24(9-11-26)18-29(32-31(35)44-27-16-17-40-21-27)30(34)20-33(19-23(3)4)46(37,38)28-14-12-25(39-5)13-15-28/h8-15,23,27,29-30,34H,6-7,16-22H2,1-5H3,(H,32,35)/t27?,29-,30+/m0/s1. The molecular weight excluding hydrogens is 639 g/mol. The summed E-state index contributed by atoms with van der Waals surface area (Å²) in [5.74, 6) is 0.883. The average Bonchev–Trinajstić information content (AvgIpc) is 3.53. The van der Waals surface area contributed by atoms with E-state index in [9.17, 15) is 22.9 Å². The first-order valence-corrected chi connectivity index (χ1v) is 18.5. The van der Waals surface area contributed by atoms with Crippen LogP contribution in [0.2, 0.25) is 0 Å². The maximum atomic E-state index is 13.7. The SMILES string of the molecule is CCOP(=O)(COc1ccc(C[C@H](NC(=O)OC2CCOC2)[C@H](O)CN(CC(C)C)S(=O)(=O)c2ccc(OC)cc2)cc1)OCC. The molecule has 0 saturated carbocycles. The topological polar surface area (TPSA) is 159 Å². The molecular formula is C31H47N2O11PS. The van der Waals surface area contributed by atoms with Gasteiger partial charge in [-0.15, -0.1) is 0 Å². The molecule has 2 aromatic carbocycles. The number of hydrogen-bond donors (Lipinski definition) is 2. The van der Waals surface area contributed by atoms with Crippen molar-refractivity contribution < 1.29 is 50.9 Å². The summed E-state index contributed by atoms with van der Waals surface area (Å²) in [5, 5.41) is 14.2. The Labute approximate surface area is 272 Å². The number of sulfonamides is 1. The summed E-state index contributed by atoms with van der Waals surface area (Å²) in [5.41, 5.74) is 0.715. The molecule has 0 radical (unpaired) electrons. The van der Waals surface area contributed by atoms with Crippen molar-refractivity contribution in [1.82, 2.24) is 9.62 Å². The van der Waals surface area contributed by atoms with Crippen molar-refractivity contribution in [2.45, 2.75) is 63.7 Å². The normalized spacial score (nSPS) is 16.7. The number of rotatable bonds is 19. The van der Waals surface area contributed by atoms with E-state index in [1.54, 1.807) is 50.2 Å². The van der Waals surface area contributed by atoms with Gasteiger partial charge < -0.3 is 38.4 Å². The van der Waals surface area contributed by atoms with Gasteiger partial charge in [0.25, 0.3) is 0 Å². The number of ether oxygens (including phenoxy) is 4. The molecule has 15 heteroatoms. The molecule has 1 saturated heterocycles. The molecule has 1 aliphatic heterocycles. The number of alkyl carbamates (subject to hydrolysis) is 1.